The van der Waals surface area contributed by atoms with E-state index in [4.69, 9.17) is 13.7 Å². The molecule has 8 heteroatoms. The molecule has 8 nitrogen and oxygen atoms in total. The topological polar surface area (TPSA) is 108 Å². The van der Waals surface area contributed by atoms with Crippen LogP contribution in [0.15, 0.2) is 56.3 Å². The van der Waals surface area contributed by atoms with Gasteiger partial charge in [-0.25, -0.2) is 4.79 Å². The lowest BCUT2D eigenvalue weighted by Gasteiger charge is -2.08. The van der Waals surface area contributed by atoms with Crippen molar-refractivity contribution in [2.75, 3.05) is 0 Å². The molecule has 0 unspecified atom stereocenters. The van der Waals surface area contributed by atoms with Crippen LogP contribution in [0.2, 0.25) is 0 Å². The van der Waals surface area contributed by atoms with Crippen molar-refractivity contribution in [2.45, 2.75) is 20.5 Å². The minimum Gasteiger partial charge on any atom is -0.461 e. The number of esters is 1. The Morgan fingerprint density at radius 3 is 2.75 bits per heavy atom. The Morgan fingerprint density at radius 2 is 2.00 bits per heavy atom. The number of fused-ring (bicyclic) bond motifs is 1. The van der Waals surface area contributed by atoms with E-state index in [1.807, 2.05) is 30.3 Å². The van der Waals surface area contributed by atoms with Crippen LogP contribution >= 0.6 is 0 Å². The van der Waals surface area contributed by atoms with Crippen LogP contribution in [0.4, 0.5) is 0 Å². The smallest absolute Gasteiger partial charge is 0.349 e. The first-order valence-corrected chi connectivity index (χ1v) is 8.48. The van der Waals surface area contributed by atoms with E-state index in [0.29, 0.717) is 28.1 Å². The van der Waals surface area contributed by atoms with Gasteiger partial charge in [0.05, 0.1) is 5.69 Å². The average Bonchev–Trinajstić information content (AvgIpc) is 3.18. The minimum absolute atomic E-state index is 0.00533. The summed E-state index contributed by atoms with van der Waals surface area (Å²) in [7, 11) is 0. The van der Waals surface area contributed by atoms with Crippen molar-refractivity contribution in [1.82, 2.24) is 15.1 Å². The number of carbonyl (C=O) groups excluding carboxylic acids is 1. The molecular weight excluding hydrogens is 362 g/mol. The van der Waals surface area contributed by atoms with Gasteiger partial charge in [0.15, 0.2) is 5.58 Å². The summed E-state index contributed by atoms with van der Waals surface area (Å²) in [5.74, 6) is -0.0146. The van der Waals surface area contributed by atoms with E-state index in [1.165, 1.54) is 6.92 Å². The second-order valence-corrected chi connectivity index (χ2v) is 6.13. The van der Waals surface area contributed by atoms with Gasteiger partial charge in [-0.05, 0) is 13.0 Å². The normalized spacial score (nSPS) is 10.9. The number of aryl methyl sites for hydroxylation is 1. The quantitative estimate of drug-likeness (QED) is 0.499. The number of pyridine rings is 1. The van der Waals surface area contributed by atoms with Crippen molar-refractivity contribution in [3.8, 4) is 22.8 Å². The monoisotopic (exact) mass is 377 g/mol. The summed E-state index contributed by atoms with van der Waals surface area (Å²) >= 11 is 0. The molecule has 140 valence electrons. The lowest BCUT2D eigenvalue weighted by atomic mass is 10.1. The molecule has 0 bridgehead atoms. The van der Waals surface area contributed by atoms with Gasteiger partial charge in [0.25, 0.3) is 5.89 Å². The van der Waals surface area contributed by atoms with Crippen molar-refractivity contribution in [2.24, 2.45) is 0 Å². The van der Waals surface area contributed by atoms with Gasteiger partial charge in [-0.2, -0.15) is 4.98 Å². The maximum absolute atomic E-state index is 12.5. The summed E-state index contributed by atoms with van der Waals surface area (Å²) in [5.41, 5.74) is 1.73. The van der Waals surface area contributed by atoms with Crippen LogP contribution in [0.5, 0.6) is 0 Å². The number of rotatable bonds is 4. The highest BCUT2D eigenvalue weighted by Gasteiger charge is 2.18. The number of ether oxygens (including phenoxy) is 1. The van der Waals surface area contributed by atoms with Gasteiger partial charge in [-0.1, -0.05) is 35.5 Å². The van der Waals surface area contributed by atoms with Crippen molar-refractivity contribution in [1.29, 1.82) is 0 Å². The van der Waals surface area contributed by atoms with Gasteiger partial charge in [0.2, 0.25) is 5.82 Å². The molecule has 0 saturated heterocycles. The first-order chi connectivity index (χ1) is 13.5. The largest absolute Gasteiger partial charge is 0.461 e. The van der Waals surface area contributed by atoms with Crippen LogP contribution in [-0.4, -0.2) is 21.1 Å². The molecule has 0 atom stereocenters. The van der Waals surface area contributed by atoms with Crippen molar-refractivity contribution in [3.05, 3.63) is 64.3 Å². The Balaban J connectivity index is 1.83. The molecule has 28 heavy (non-hydrogen) atoms. The molecule has 0 aliphatic heterocycles. The van der Waals surface area contributed by atoms with Crippen molar-refractivity contribution in [3.63, 3.8) is 0 Å². The zero-order valence-corrected chi connectivity index (χ0v) is 15.1. The van der Waals surface area contributed by atoms with E-state index >= 15 is 0 Å². The third kappa shape index (κ3) is 3.27. The number of carbonyl (C=O) groups is 1. The highest BCUT2D eigenvalue weighted by molar-refractivity contribution is 5.85. The fourth-order valence-electron chi connectivity index (χ4n) is 2.76. The SMILES string of the molecule is CC(=O)OCc1cnc(C)c2oc(=O)c(-c3nc(-c4ccccc4)no3)cc12. The summed E-state index contributed by atoms with van der Waals surface area (Å²) in [5, 5.41) is 4.52. The summed E-state index contributed by atoms with van der Waals surface area (Å²) in [6, 6.07) is 10.9. The van der Waals surface area contributed by atoms with Gasteiger partial charge < -0.3 is 13.7 Å². The van der Waals surface area contributed by atoms with E-state index in [1.54, 1.807) is 19.2 Å². The Morgan fingerprint density at radius 1 is 1.21 bits per heavy atom. The number of nitrogens with zero attached hydrogens (tertiary/aromatic N) is 3. The molecule has 0 fully saturated rings. The molecule has 0 amide bonds. The summed E-state index contributed by atoms with van der Waals surface area (Å²) in [4.78, 5) is 32.2. The van der Waals surface area contributed by atoms with E-state index in [9.17, 15) is 9.59 Å². The van der Waals surface area contributed by atoms with Crippen LogP contribution in [0.1, 0.15) is 18.2 Å². The molecule has 0 spiro atoms. The van der Waals surface area contributed by atoms with E-state index in [-0.39, 0.29) is 18.1 Å². The highest BCUT2D eigenvalue weighted by atomic mass is 16.5. The third-order valence-corrected chi connectivity index (χ3v) is 4.16. The third-order valence-electron chi connectivity index (χ3n) is 4.16. The second kappa shape index (κ2) is 7.07. The van der Waals surface area contributed by atoms with Gasteiger partial charge >= 0.3 is 11.6 Å². The van der Waals surface area contributed by atoms with Gasteiger partial charge in [-0.3, -0.25) is 9.78 Å². The molecule has 0 aliphatic carbocycles. The molecular formula is C20H15N3O5. The van der Waals surface area contributed by atoms with E-state index in [2.05, 4.69) is 15.1 Å². The number of hydrogen-bond acceptors (Lipinski definition) is 8. The Hall–Kier alpha value is -3.81. The first-order valence-electron chi connectivity index (χ1n) is 8.48. The first kappa shape index (κ1) is 17.6. The number of hydrogen-bond donors (Lipinski definition) is 0. The van der Waals surface area contributed by atoms with E-state index < -0.39 is 11.6 Å². The second-order valence-electron chi connectivity index (χ2n) is 6.13. The molecule has 1 aromatic carbocycles. The predicted molar refractivity (Wildman–Crippen MR) is 99.2 cm³/mol. The minimum atomic E-state index is -0.620. The zero-order valence-electron chi connectivity index (χ0n) is 15.1. The highest BCUT2D eigenvalue weighted by Crippen LogP contribution is 2.26. The van der Waals surface area contributed by atoms with Crippen LogP contribution in [0.3, 0.4) is 0 Å². The fourth-order valence-corrected chi connectivity index (χ4v) is 2.76. The van der Waals surface area contributed by atoms with Crippen LogP contribution in [0.25, 0.3) is 33.8 Å². The molecule has 0 saturated carbocycles. The van der Waals surface area contributed by atoms with Crippen LogP contribution in [-0.2, 0) is 16.1 Å². The standard InChI is InChI=1S/C20H15N3O5/c1-11-17-15(14(9-21-11)10-26-12(2)24)8-16(20(25)27-17)19-22-18(23-28-19)13-6-4-3-5-7-13/h3-9H,10H2,1-2H3. The fraction of sp³-hybridized carbons (Fsp3) is 0.150. The Bertz CT molecular complexity index is 1230. The lowest BCUT2D eigenvalue weighted by Crippen LogP contribution is -2.06. The molecule has 0 N–H and O–H groups in total. The maximum atomic E-state index is 12.5. The Labute approximate surface area is 158 Å². The molecule has 0 aliphatic rings. The summed E-state index contributed by atoms with van der Waals surface area (Å²) in [6.07, 6.45) is 1.58. The molecule has 0 radical (unpaired) electrons. The van der Waals surface area contributed by atoms with Gasteiger partial charge in [0, 0.05) is 29.6 Å². The lowest BCUT2D eigenvalue weighted by molar-refractivity contribution is -0.142. The zero-order chi connectivity index (χ0) is 19.7. The molecule has 3 heterocycles. The summed E-state index contributed by atoms with van der Waals surface area (Å²) < 4.78 is 15.8. The Kier molecular flexibility index (Phi) is 4.44. The maximum Gasteiger partial charge on any atom is 0.349 e. The van der Waals surface area contributed by atoms with Crippen molar-refractivity contribution >= 4 is 16.9 Å². The van der Waals surface area contributed by atoms with Crippen LogP contribution < -0.4 is 5.63 Å². The average molecular weight is 377 g/mol. The predicted octanol–water partition coefficient (Wildman–Crippen LogP) is 3.28. The van der Waals surface area contributed by atoms with E-state index in [0.717, 1.165) is 5.56 Å². The van der Waals surface area contributed by atoms with Gasteiger partial charge in [-0.15, -0.1) is 0 Å². The van der Waals surface area contributed by atoms with Crippen LogP contribution in [0, 0.1) is 6.92 Å². The molecule has 3 aromatic heterocycles. The number of aromatic nitrogens is 3. The van der Waals surface area contributed by atoms with Gasteiger partial charge in [0.1, 0.15) is 12.2 Å². The van der Waals surface area contributed by atoms with Crippen molar-refractivity contribution < 1.29 is 18.5 Å². The molecule has 4 aromatic rings. The number of benzene rings is 1. The summed E-state index contributed by atoms with van der Waals surface area (Å²) in [6.45, 7) is 3.05. The molecule has 4 rings (SSSR count).